The fraction of sp³-hybridized carbons (Fsp3) is 0.538. The molecule has 1 fully saturated rings. The summed E-state index contributed by atoms with van der Waals surface area (Å²) in [5, 5.41) is 3.35. The lowest BCUT2D eigenvalue weighted by molar-refractivity contribution is 0.124. The molecule has 1 N–H and O–H groups in total. The van der Waals surface area contributed by atoms with Crippen LogP contribution in [0.5, 0.6) is 0 Å². The van der Waals surface area contributed by atoms with E-state index in [1.165, 1.54) is 0 Å². The number of piperazine rings is 1. The first-order valence-electron chi connectivity index (χ1n) is 5.91. The highest BCUT2D eigenvalue weighted by molar-refractivity contribution is 5.21. The first kappa shape index (κ1) is 11.6. The maximum atomic E-state index is 13.7. The number of halogens is 1. The van der Waals surface area contributed by atoms with Gasteiger partial charge in [-0.25, -0.2) is 4.39 Å². The minimum absolute atomic E-state index is 0.0965. The highest BCUT2D eigenvalue weighted by Crippen LogP contribution is 2.25. The normalized spacial score (nSPS) is 24.3. The second-order valence-corrected chi connectivity index (χ2v) is 4.49. The topological polar surface area (TPSA) is 15.3 Å². The fourth-order valence-electron chi connectivity index (χ4n) is 2.42. The Morgan fingerprint density at radius 2 is 2.19 bits per heavy atom. The van der Waals surface area contributed by atoms with E-state index in [1.54, 1.807) is 12.1 Å². The SMILES string of the molecule is CC1CNCCN1C(C)c1ccccc1F. The smallest absolute Gasteiger partial charge is 0.127 e. The summed E-state index contributed by atoms with van der Waals surface area (Å²) in [7, 11) is 0. The highest BCUT2D eigenvalue weighted by atomic mass is 19.1. The Kier molecular flexibility index (Phi) is 3.56. The molecule has 2 rings (SSSR count). The Labute approximate surface area is 96.5 Å². The number of nitrogens with one attached hydrogen (secondary N) is 1. The third kappa shape index (κ3) is 2.25. The molecule has 0 amide bonds. The summed E-state index contributed by atoms with van der Waals surface area (Å²) in [5.74, 6) is -0.0965. The molecular weight excluding hydrogens is 203 g/mol. The largest absolute Gasteiger partial charge is 0.314 e. The van der Waals surface area contributed by atoms with E-state index in [-0.39, 0.29) is 11.9 Å². The van der Waals surface area contributed by atoms with Gasteiger partial charge in [0.2, 0.25) is 0 Å². The zero-order valence-electron chi connectivity index (χ0n) is 9.91. The van der Waals surface area contributed by atoms with Gasteiger partial charge in [0.05, 0.1) is 0 Å². The molecule has 0 aliphatic carbocycles. The Morgan fingerprint density at radius 1 is 1.44 bits per heavy atom. The van der Waals surface area contributed by atoms with Crippen LogP contribution < -0.4 is 5.32 Å². The van der Waals surface area contributed by atoms with Gasteiger partial charge in [-0.05, 0) is 19.9 Å². The van der Waals surface area contributed by atoms with E-state index in [1.807, 2.05) is 12.1 Å². The molecule has 0 bridgehead atoms. The average Bonchev–Trinajstić information content (AvgIpc) is 2.29. The van der Waals surface area contributed by atoms with E-state index in [9.17, 15) is 4.39 Å². The van der Waals surface area contributed by atoms with Crippen molar-refractivity contribution in [3.8, 4) is 0 Å². The Bertz CT molecular complexity index is 354. The van der Waals surface area contributed by atoms with Crippen LogP contribution in [0.25, 0.3) is 0 Å². The van der Waals surface area contributed by atoms with Crippen LogP contribution >= 0.6 is 0 Å². The summed E-state index contributed by atoms with van der Waals surface area (Å²) in [6.45, 7) is 7.22. The van der Waals surface area contributed by atoms with Crippen molar-refractivity contribution >= 4 is 0 Å². The van der Waals surface area contributed by atoms with Gasteiger partial charge < -0.3 is 5.32 Å². The van der Waals surface area contributed by atoms with Crippen molar-refractivity contribution in [2.75, 3.05) is 19.6 Å². The third-order valence-corrected chi connectivity index (χ3v) is 3.41. The minimum atomic E-state index is -0.0965. The molecule has 1 aliphatic rings. The van der Waals surface area contributed by atoms with Crippen LogP contribution in [-0.4, -0.2) is 30.6 Å². The van der Waals surface area contributed by atoms with E-state index in [0.717, 1.165) is 25.2 Å². The number of hydrogen-bond donors (Lipinski definition) is 1. The lowest BCUT2D eigenvalue weighted by atomic mass is 10.0. The van der Waals surface area contributed by atoms with Gasteiger partial charge in [0.1, 0.15) is 5.82 Å². The second-order valence-electron chi connectivity index (χ2n) is 4.49. The van der Waals surface area contributed by atoms with Crippen LogP contribution in [0, 0.1) is 5.82 Å². The fourth-order valence-corrected chi connectivity index (χ4v) is 2.42. The van der Waals surface area contributed by atoms with Gasteiger partial charge >= 0.3 is 0 Å². The molecule has 0 aromatic heterocycles. The van der Waals surface area contributed by atoms with Crippen molar-refractivity contribution in [2.24, 2.45) is 0 Å². The van der Waals surface area contributed by atoms with Gasteiger partial charge in [0.25, 0.3) is 0 Å². The molecule has 2 nitrogen and oxygen atoms in total. The lowest BCUT2D eigenvalue weighted by Crippen LogP contribution is -2.50. The van der Waals surface area contributed by atoms with E-state index in [4.69, 9.17) is 0 Å². The molecule has 0 spiro atoms. The zero-order valence-corrected chi connectivity index (χ0v) is 9.91. The Hall–Kier alpha value is -0.930. The number of hydrogen-bond acceptors (Lipinski definition) is 2. The summed E-state index contributed by atoms with van der Waals surface area (Å²) in [4.78, 5) is 2.36. The van der Waals surface area contributed by atoms with Crippen molar-refractivity contribution in [3.05, 3.63) is 35.6 Å². The Morgan fingerprint density at radius 3 is 2.88 bits per heavy atom. The molecular formula is C13H19FN2. The molecule has 2 atom stereocenters. The van der Waals surface area contributed by atoms with Crippen molar-refractivity contribution in [1.29, 1.82) is 0 Å². The molecule has 1 aromatic rings. The monoisotopic (exact) mass is 222 g/mol. The summed E-state index contributed by atoms with van der Waals surface area (Å²) in [6, 6.07) is 7.68. The molecule has 1 aromatic carbocycles. The standard InChI is InChI=1S/C13H19FN2/c1-10-9-15-7-8-16(10)11(2)12-5-3-4-6-13(12)14/h3-6,10-11,15H,7-9H2,1-2H3. The van der Waals surface area contributed by atoms with Crippen molar-refractivity contribution < 1.29 is 4.39 Å². The van der Waals surface area contributed by atoms with E-state index in [2.05, 4.69) is 24.1 Å². The van der Waals surface area contributed by atoms with Crippen molar-refractivity contribution in [1.82, 2.24) is 10.2 Å². The maximum absolute atomic E-state index is 13.7. The maximum Gasteiger partial charge on any atom is 0.127 e. The van der Waals surface area contributed by atoms with Crippen LogP contribution in [0.2, 0.25) is 0 Å². The first-order valence-corrected chi connectivity index (χ1v) is 5.91. The van der Waals surface area contributed by atoms with Gasteiger partial charge in [-0.3, -0.25) is 4.90 Å². The van der Waals surface area contributed by atoms with Crippen LogP contribution in [-0.2, 0) is 0 Å². The average molecular weight is 222 g/mol. The minimum Gasteiger partial charge on any atom is -0.314 e. The molecule has 3 heteroatoms. The molecule has 2 unspecified atom stereocenters. The van der Waals surface area contributed by atoms with Crippen LogP contribution in [0.1, 0.15) is 25.5 Å². The summed E-state index contributed by atoms with van der Waals surface area (Å²) in [5.41, 5.74) is 0.802. The van der Waals surface area contributed by atoms with Crippen molar-refractivity contribution in [2.45, 2.75) is 25.9 Å². The summed E-state index contributed by atoms with van der Waals surface area (Å²) < 4.78 is 13.7. The zero-order chi connectivity index (χ0) is 11.5. The molecule has 1 saturated heterocycles. The van der Waals surface area contributed by atoms with E-state index >= 15 is 0 Å². The van der Waals surface area contributed by atoms with E-state index in [0.29, 0.717) is 6.04 Å². The first-order chi connectivity index (χ1) is 7.70. The molecule has 1 heterocycles. The Balaban J connectivity index is 2.17. The van der Waals surface area contributed by atoms with E-state index < -0.39 is 0 Å². The number of rotatable bonds is 2. The molecule has 1 aliphatic heterocycles. The quantitative estimate of drug-likeness (QED) is 0.825. The summed E-state index contributed by atoms with van der Waals surface area (Å²) in [6.07, 6.45) is 0. The molecule has 0 saturated carbocycles. The van der Waals surface area contributed by atoms with Gasteiger partial charge in [-0.15, -0.1) is 0 Å². The number of benzene rings is 1. The summed E-state index contributed by atoms with van der Waals surface area (Å²) >= 11 is 0. The lowest BCUT2D eigenvalue weighted by Gasteiger charge is -2.38. The van der Waals surface area contributed by atoms with Crippen LogP contribution in [0.3, 0.4) is 0 Å². The molecule has 0 radical (unpaired) electrons. The van der Waals surface area contributed by atoms with Crippen LogP contribution in [0.4, 0.5) is 4.39 Å². The predicted molar refractivity (Wildman–Crippen MR) is 63.9 cm³/mol. The van der Waals surface area contributed by atoms with Gasteiger partial charge in [-0.2, -0.15) is 0 Å². The van der Waals surface area contributed by atoms with Gasteiger partial charge in [0, 0.05) is 37.3 Å². The van der Waals surface area contributed by atoms with Crippen molar-refractivity contribution in [3.63, 3.8) is 0 Å². The van der Waals surface area contributed by atoms with Gasteiger partial charge in [-0.1, -0.05) is 18.2 Å². The van der Waals surface area contributed by atoms with Gasteiger partial charge in [0.15, 0.2) is 0 Å². The molecule has 88 valence electrons. The molecule has 16 heavy (non-hydrogen) atoms. The second kappa shape index (κ2) is 4.93. The third-order valence-electron chi connectivity index (χ3n) is 3.41. The van der Waals surface area contributed by atoms with Crippen LogP contribution in [0.15, 0.2) is 24.3 Å². The predicted octanol–water partition coefficient (Wildman–Crippen LogP) is 2.18. The highest BCUT2D eigenvalue weighted by Gasteiger charge is 2.25. The number of nitrogens with zero attached hydrogens (tertiary/aromatic N) is 1.